The van der Waals surface area contributed by atoms with Gasteiger partial charge in [0, 0.05) is 16.1 Å². The van der Waals surface area contributed by atoms with E-state index in [1.54, 1.807) is 85.8 Å². The summed E-state index contributed by atoms with van der Waals surface area (Å²) in [5, 5.41) is 7.14. The third-order valence-corrected chi connectivity index (χ3v) is 7.78. The SMILES string of the molecule is CCOc1ccc(/C=C(/NC(=O)c2ccccc2)C(=O)Nc2cccc(SC(C)C(=O)Nc3cc(C(F)(F)F)ccc3Cl)c2)cc1. The maximum atomic E-state index is 13.4. The number of hydrogen-bond donors (Lipinski definition) is 3. The molecule has 0 bridgehead atoms. The Morgan fingerprint density at radius 3 is 2.30 bits per heavy atom. The van der Waals surface area contributed by atoms with Crippen molar-refractivity contribution >= 4 is 58.5 Å². The van der Waals surface area contributed by atoms with Crippen LogP contribution in [-0.4, -0.2) is 29.6 Å². The molecule has 0 heterocycles. The van der Waals surface area contributed by atoms with Crippen LogP contribution >= 0.6 is 23.4 Å². The highest BCUT2D eigenvalue weighted by atomic mass is 35.5. The van der Waals surface area contributed by atoms with Crippen LogP contribution in [0.5, 0.6) is 5.75 Å². The van der Waals surface area contributed by atoms with E-state index in [2.05, 4.69) is 16.0 Å². The zero-order valence-electron chi connectivity index (χ0n) is 24.7. The second-order valence-electron chi connectivity index (χ2n) is 9.80. The second kappa shape index (κ2) is 15.5. The van der Waals surface area contributed by atoms with Crippen LogP contribution in [0.25, 0.3) is 6.08 Å². The summed E-state index contributed by atoms with van der Waals surface area (Å²) in [4.78, 5) is 39.8. The Kier molecular flexibility index (Phi) is 11.5. The first kappa shape index (κ1) is 34.1. The fourth-order valence-electron chi connectivity index (χ4n) is 4.07. The molecule has 4 rings (SSSR count). The van der Waals surface area contributed by atoms with Gasteiger partial charge >= 0.3 is 6.18 Å². The van der Waals surface area contributed by atoms with E-state index in [9.17, 15) is 27.6 Å². The minimum atomic E-state index is -4.59. The molecule has 1 atom stereocenters. The van der Waals surface area contributed by atoms with Gasteiger partial charge in [-0.2, -0.15) is 13.2 Å². The molecule has 3 N–H and O–H groups in total. The van der Waals surface area contributed by atoms with E-state index in [4.69, 9.17) is 16.3 Å². The van der Waals surface area contributed by atoms with Crippen LogP contribution in [0.3, 0.4) is 0 Å². The largest absolute Gasteiger partial charge is 0.494 e. The minimum Gasteiger partial charge on any atom is -0.494 e. The maximum absolute atomic E-state index is 13.4. The van der Waals surface area contributed by atoms with E-state index in [0.717, 1.165) is 30.0 Å². The van der Waals surface area contributed by atoms with Crippen LogP contribution in [0.1, 0.15) is 35.3 Å². The van der Waals surface area contributed by atoms with Gasteiger partial charge in [-0.3, -0.25) is 14.4 Å². The van der Waals surface area contributed by atoms with E-state index in [0.29, 0.717) is 34.1 Å². The summed E-state index contributed by atoms with van der Waals surface area (Å²) in [7, 11) is 0. The van der Waals surface area contributed by atoms with Gasteiger partial charge in [0.1, 0.15) is 11.4 Å². The lowest BCUT2D eigenvalue weighted by molar-refractivity contribution is -0.137. The van der Waals surface area contributed by atoms with Gasteiger partial charge in [0.2, 0.25) is 5.91 Å². The average Bonchev–Trinajstić information content (AvgIpc) is 3.02. The molecule has 0 fully saturated rings. The van der Waals surface area contributed by atoms with Gasteiger partial charge in [-0.25, -0.2) is 0 Å². The first-order valence-electron chi connectivity index (χ1n) is 14.0. The van der Waals surface area contributed by atoms with E-state index >= 15 is 0 Å². The third kappa shape index (κ3) is 9.63. The summed E-state index contributed by atoms with van der Waals surface area (Å²) in [6, 6.07) is 24.8. The van der Waals surface area contributed by atoms with Gasteiger partial charge in [0.05, 0.1) is 28.1 Å². The number of carbonyl (C=O) groups excluding carboxylic acids is 3. The standard InChI is InChI=1S/C34H29ClF3N3O4S/c1-3-45-26-15-12-22(13-16-26)18-30(41-32(43)23-8-5-4-6-9-23)33(44)39-25-10-7-11-27(20-25)46-21(2)31(42)40-29-19-24(34(36,37)38)14-17-28(29)35/h4-21H,3H2,1-2H3,(H,39,44)(H,40,42)(H,41,43)/b30-18+. The Balaban J connectivity index is 1.48. The predicted octanol–water partition coefficient (Wildman–Crippen LogP) is 8.29. The number of ether oxygens (including phenoxy) is 1. The maximum Gasteiger partial charge on any atom is 0.416 e. The lowest BCUT2D eigenvalue weighted by Crippen LogP contribution is -2.30. The van der Waals surface area contributed by atoms with E-state index in [-0.39, 0.29) is 16.4 Å². The number of amides is 3. The van der Waals surface area contributed by atoms with Gasteiger partial charge < -0.3 is 20.7 Å². The number of carbonyl (C=O) groups is 3. The molecule has 0 aliphatic rings. The first-order chi connectivity index (χ1) is 21.9. The number of alkyl halides is 3. The molecule has 0 saturated heterocycles. The Morgan fingerprint density at radius 1 is 0.913 bits per heavy atom. The van der Waals surface area contributed by atoms with Gasteiger partial charge in [0.15, 0.2) is 0 Å². The molecule has 238 valence electrons. The number of anilines is 2. The molecular formula is C34H29ClF3N3O4S. The Morgan fingerprint density at radius 2 is 1.63 bits per heavy atom. The molecular weight excluding hydrogens is 639 g/mol. The van der Waals surface area contributed by atoms with Crippen molar-refractivity contribution in [3.63, 3.8) is 0 Å². The number of benzene rings is 4. The third-order valence-electron chi connectivity index (χ3n) is 6.36. The Hall–Kier alpha value is -4.74. The topological polar surface area (TPSA) is 96.5 Å². The summed E-state index contributed by atoms with van der Waals surface area (Å²) < 4.78 is 44.9. The molecule has 0 aliphatic heterocycles. The number of hydrogen-bond acceptors (Lipinski definition) is 5. The molecule has 0 saturated carbocycles. The molecule has 4 aromatic carbocycles. The van der Waals surface area contributed by atoms with Crippen LogP contribution in [0.15, 0.2) is 108 Å². The molecule has 0 aromatic heterocycles. The average molecular weight is 668 g/mol. The molecule has 12 heteroatoms. The van der Waals surface area contributed by atoms with Crippen LogP contribution < -0.4 is 20.7 Å². The second-order valence-corrected chi connectivity index (χ2v) is 11.6. The summed E-state index contributed by atoms with van der Waals surface area (Å²) >= 11 is 7.15. The van der Waals surface area contributed by atoms with E-state index < -0.39 is 34.7 Å². The lowest BCUT2D eigenvalue weighted by Gasteiger charge is -2.15. The summed E-state index contributed by atoms with van der Waals surface area (Å²) in [5.74, 6) is -0.970. The normalized spacial score (nSPS) is 12.2. The number of halogens is 4. The van der Waals surface area contributed by atoms with Gasteiger partial charge in [-0.1, -0.05) is 48.0 Å². The number of thioether (sulfide) groups is 1. The lowest BCUT2D eigenvalue weighted by atomic mass is 10.1. The van der Waals surface area contributed by atoms with Crippen molar-refractivity contribution in [2.45, 2.75) is 30.2 Å². The van der Waals surface area contributed by atoms with Crippen molar-refractivity contribution in [2.75, 3.05) is 17.2 Å². The summed E-state index contributed by atoms with van der Waals surface area (Å²) in [6.45, 7) is 3.96. The van der Waals surface area contributed by atoms with Crippen molar-refractivity contribution in [2.24, 2.45) is 0 Å². The van der Waals surface area contributed by atoms with Crippen molar-refractivity contribution in [3.05, 3.63) is 124 Å². The fraction of sp³-hybridized carbons (Fsp3) is 0.147. The molecule has 0 spiro atoms. The van der Waals surface area contributed by atoms with E-state index in [1.165, 1.54) is 6.08 Å². The van der Waals surface area contributed by atoms with Crippen molar-refractivity contribution < 1.29 is 32.3 Å². The van der Waals surface area contributed by atoms with Crippen LogP contribution in [-0.2, 0) is 15.8 Å². The zero-order valence-corrected chi connectivity index (χ0v) is 26.2. The van der Waals surface area contributed by atoms with Gasteiger partial charge in [-0.05, 0) is 86.2 Å². The van der Waals surface area contributed by atoms with Crippen LogP contribution in [0.2, 0.25) is 5.02 Å². The van der Waals surface area contributed by atoms with Crippen molar-refractivity contribution in [3.8, 4) is 5.75 Å². The summed E-state index contributed by atoms with van der Waals surface area (Å²) in [5.41, 5.74) is 0.292. The molecule has 0 radical (unpaired) electrons. The van der Waals surface area contributed by atoms with E-state index in [1.807, 2.05) is 6.92 Å². The van der Waals surface area contributed by atoms with Crippen LogP contribution in [0, 0.1) is 0 Å². The molecule has 46 heavy (non-hydrogen) atoms. The zero-order chi connectivity index (χ0) is 33.3. The highest BCUT2D eigenvalue weighted by Gasteiger charge is 2.31. The van der Waals surface area contributed by atoms with Gasteiger partial charge in [-0.15, -0.1) is 11.8 Å². The highest BCUT2D eigenvalue weighted by Crippen LogP contribution is 2.34. The highest BCUT2D eigenvalue weighted by molar-refractivity contribution is 8.00. The molecule has 0 aliphatic carbocycles. The van der Waals surface area contributed by atoms with Crippen molar-refractivity contribution in [1.29, 1.82) is 0 Å². The predicted molar refractivity (Wildman–Crippen MR) is 175 cm³/mol. The Bertz CT molecular complexity index is 1730. The Labute approximate surface area is 273 Å². The smallest absolute Gasteiger partial charge is 0.416 e. The first-order valence-corrected chi connectivity index (χ1v) is 15.3. The number of rotatable bonds is 11. The molecule has 4 aromatic rings. The monoisotopic (exact) mass is 667 g/mol. The number of nitrogens with one attached hydrogen (secondary N) is 3. The molecule has 7 nitrogen and oxygen atoms in total. The molecule has 1 unspecified atom stereocenters. The minimum absolute atomic E-state index is 0.0122. The summed E-state index contributed by atoms with van der Waals surface area (Å²) in [6.07, 6.45) is -3.06. The quantitative estimate of drug-likeness (QED) is 0.111. The van der Waals surface area contributed by atoms with Crippen LogP contribution in [0.4, 0.5) is 24.5 Å². The molecule has 3 amide bonds. The van der Waals surface area contributed by atoms with Crippen molar-refractivity contribution in [1.82, 2.24) is 5.32 Å². The fourth-order valence-corrected chi connectivity index (χ4v) is 5.16. The van der Waals surface area contributed by atoms with Gasteiger partial charge in [0.25, 0.3) is 11.8 Å².